The van der Waals surface area contributed by atoms with Gasteiger partial charge in [-0.1, -0.05) is 17.8 Å². The van der Waals surface area contributed by atoms with Gasteiger partial charge in [-0.2, -0.15) is 0 Å². The van der Waals surface area contributed by atoms with Gasteiger partial charge in [0, 0.05) is 12.7 Å². The summed E-state index contributed by atoms with van der Waals surface area (Å²) in [5.41, 5.74) is 5.81. The molecule has 0 aromatic carbocycles. The first-order chi connectivity index (χ1) is 5.79. The van der Waals surface area contributed by atoms with E-state index < -0.39 is 0 Å². The number of fused-ring (bicyclic) bond motifs is 1. The second kappa shape index (κ2) is 2.71. The molecule has 0 unspecified atom stereocenters. The Labute approximate surface area is 74.6 Å². The van der Waals surface area contributed by atoms with Crippen LogP contribution in [0.15, 0.2) is 34.4 Å². The minimum absolute atomic E-state index is 0.359. The SMILES string of the molecule is NC(=O)C1=C2SC=CN2CC=C1. The van der Waals surface area contributed by atoms with Crippen LogP contribution in [-0.2, 0) is 4.79 Å². The van der Waals surface area contributed by atoms with Crippen molar-refractivity contribution in [1.82, 2.24) is 4.90 Å². The van der Waals surface area contributed by atoms with E-state index in [1.54, 1.807) is 6.08 Å². The van der Waals surface area contributed by atoms with E-state index in [9.17, 15) is 4.79 Å². The average molecular weight is 180 g/mol. The predicted molar refractivity (Wildman–Crippen MR) is 48.8 cm³/mol. The van der Waals surface area contributed by atoms with E-state index in [1.807, 2.05) is 22.6 Å². The standard InChI is InChI=1S/C8H8N2OS/c9-7(11)6-2-1-3-10-4-5-12-8(6)10/h1-2,4-5H,3H2,(H2,9,11). The fourth-order valence-electron chi connectivity index (χ4n) is 1.21. The Morgan fingerprint density at radius 3 is 3.25 bits per heavy atom. The molecule has 0 aromatic heterocycles. The molecule has 0 aliphatic carbocycles. The molecule has 0 saturated carbocycles. The molecule has 12 heavy (non-hydrogen) atoms. The van der Waals surface area contributed by atoms with E-state index >= 15 is 0 Å². The monoisotopic (exact) mass is 180 g/mol. The second-order valence-corrected chi connectivity index (χ2v) is 3.44. The highest BCUT2D eigenvalue weighted by Crippen LogP contribution is 2.33. The van der Waals surface area contributed by atoms with Gasteiger partial charge in [0.25, 0.3) is 5.91 Å². The lowest BCUT2D eigenvalue weighted by atomic mass is 10.2. The van der Waals surface area contributed by atoms with Gasteiger partial charge in [-0.3, -0.25) is 4.79 Å². The van der Waals surface area contributed by atoms with E-state index in [4.69, 9.17) is 5.73 Å². The molecule has 0 spiro atoms. The highest BCUT2D eigenvalue weighted by molar-refractivity contribution is 8.06. The maximum absolute atomic E-state index is 10.9. The van der Waals surface area contributed by atoms with Crippen molar-refractivity contribution in [2.24, 2.45) is 5.73 Å². The molecule has 62 valence electrons. The summed E-state index contributed by atoms with van der Waals surface area (Å²) in [5, 5.41) is 2.90. The van der Waals surface area contributed by atoms with Crippen LogP contribution in [0.2, 0.25) is 0 Å². The molecule has 0 bridgehead atoms. The Hall–Kier alpha value is -1.16. The summed E-state index contributed by atoms with van der Waals surface area (Å²) in [5.74, 6) is -0.359. The third kappa shape index (κ3) is 1.04. The van der Waals surface area contributed by atoms with Crippen molar-refractivity contribution in [3.8, 4) is 0 Å². The Kier molecular flexibility index (Phi) is 1.69. The summed E-state index contributed by atoms with van der Waals surface area (Å²) < 4.78 is 0. The van der Waals surface area contributed by atoms with Crippen LogP contribution in [0.25, 0.3) is 0 Å². The van der Waals surface area contributed by atoms with Crippen molar-refractivity contribution in [1.29, 1.82) is 0 Å². The zero-order valence-electron chi connectivity index (χ0n) is 6.36. The number of carbonyl (C=O) groups excluding carboxylic acids is 1. The van der Waals surface area contributed by atoms with Crippen LogP contribution in [0.4, 0.5) is 0 Å². The highest BCUT2D eigenvalue weighted by Gasteiger charge is 2.20. The Balaban J connectivity index is 2.41. The number of amides is 1. The van der Waals surface area contributed by atoms with Gasteiger partial charge >= 0.3 is 0 Å². The van der Waals surface area contributed by atoms with Crippen molar-refractivity contribution < 1.29 is 4.79 Å². The largest absolute Gasteiger partial charge is 0.366 e. The minimum atomic E-state index is -0.359. The summed E-state index contributed by atoms with van der Waals surface area (Å²) in [6, 6.07) is 0. The fourth-order valence-corrected chi connectivity index (χ4v) is 2.11. The predicted octanol–water partition coefficient (Wildman–Crippen LogP) is 0.773. The molecule has 2 rings (SSSR count). The number of nitrogens with two attached hydrogens (primary N) is 1. The third-order valence-corrected chi connectivity index (χ3v) is 2.70. The lowest BCUT2D eigenvalue weighted by Crippen LogP contribution is -2.23. The fraction of sp³-hybridized carbons (Fsp3) is 0.125. The molecule has 0 atom stereocenters. The van der Waals surface area contributed by atoms with Gasteiger partial charge in [0.1, 0.15) is 0 Å². The summed E-state index contributed by atoms with van der Waals surface area (Å²) in [6.45, 7) is 0.829. The first-order valence-corrected chi connectivity index (χ1v) is 4.47. The molecule has 3 nitrogen and oxygen atoms in total. The van der Waals surface area contributed by atoms with Gasteiger partial charge in [-0.05, 0) is 11.5 Å². The molecule has 4 heteroatoms. The summed E-state index contributed by atoms with van der Waals surface area (Å²) in [4.78, 5) is 12.9. The number of hydrogen-bond donors (Lipinski definition) is 1. The first-order valence-electron chi connectivity index (χ1n) is 3.59. The third-order valence-electron chi connectivity index (χ3n) is 1.76. The number of hydrogen-bond acceptors (Lipinski definition) is 3. The number of rotatable bonds is 1. The summed E-state index contributed by atoms with van der Waals surface area (Å²) in [7, 11) is 0. The van der Waals surface area contributed by atoms with Gasteiger partial charge in [-0.15, -0.1) is 0 Å². The highest BCUT2D eigenvalue weighted by atomic mass is 32.2. The van der Waals surface area contributed by atoms with E-state index in [-0.39, 0.29) is 5.91 Å². The van der Waals surface area contributed by atoms with E-state index in [0.29, 0.717) is 5.57 Å². The Bertz CT molecular complexity index is 317. The van der Waals surface area contributed by atoms with Crippen molar-refractivity contribution >= 4 is 17.7 Å². The number of carbonyl (C=O) groups is 1. The first kappa shape index (κ1) is 7.49. The maximum atomic E-state index is 10.9. The summed E-state index contributed by atoms with van der Waals surface area (Å²) >= 11 is 1.54. The quantitative estimate of drug-likeness (QED) is 0.648. The van der Waals surface area contributed by atoms with Crippen molar-refractivity contribution in [2.75, 3.05) is 6.54 Å². The van der Waals surface area contributed by atoms with Gasteiger partial charge in [0.15, 0.2) is 0 Å². The Morgan fingerprint density at radius 1 is 1.67 bits per heavy atom. The summed E-state index contributed by atoms with van der Waals surface area (Å²) in [6.07, 6.45) is 5.67. The van der Waals surface area contributed by atoms with Crippen LogP contribution < -0.4 is 5.73 Å². The number of thioether (sulfide) groups is 1. The van der Waals surface area contributed by atoms with Crippen LogP contribution >= 0.6 is 11.8 Å². The molecule has 2 aliphatic rings. The maximum Gasteiger partial charge on any atom is 0.251 e. The molecular formula is C8H8N2OS. The Morgan fingerprint density at radius 2 is 2.50 bits per heavy atom. The smallest absolute Gasteiger partial charge is 0.251 e. The van der Waals surface area contributed by atoms with Crippen LogP contribution in [0, 0.1) is 0 Å². The number of nitrogens with zero attached hydrogens (tertiary/aromatic N) is 1. The molecule has 1 amide bonds. The van der Waals surface area contributed by atoms with Gasteiger partial charge in [0.05, 0.1) is 10.6 Å². The zero-order valence-corrected chi connectivity index (χ0v) is 7.17. The topological polar surface area (TPSA) is 46.3 Å². The van der Waals surface area contributed by atoms with Crippen molar-refractivity contribution in [3.05, 3.63) is 34.4 Å². The van der Waals surface area contributed by atoms with Crippen LogP contribution in [0.5, 0.6) is 0 Å². The van der Waals surface area contributed by atoms with Gasteiger partial charge in [0.2, 0.25) is 0 Å². The van der Waals surface area contributed by atoms with Gasteiger partial charge in [-0.25, -0.2) is 0 Å². The van der Waals surface area contributed by atoms with Crippen LogP contribution in [0.3, 0.4) is 0 Å². The normalized spacial score (nSPS) is 20.2. The van der Waals surface area contributed by atoms with E-state index in [2.05, 4.69) is 0 Å². The van der Waals surface area contributed by atoms with Crippen LogP contribution in [-0.4, -0.2) is 17.4 Å². The number of primary amides is 1. The molecule has 2 heterocycles. The van der Waals surface area contributed by atoms with E-state index in [1.165, 1.54) is 11.8 Å². The van der Waals surface area contributed by atoms with Crippen molar-refractivity contribution in [2.45, 2.75) is 0 Å². The lowest BCUT2D eigenvalue weighted by molar-refractivity contribution is -0.114. The molecule has 2 N–H and O–H groups in total. The van der Waals surface area contributed by atoms with Gasteiger partial charge < -0.3 is 10.6 Å². The van der Waals surface area contributed by atoms with E-state index in [0.717, 1.165) is 11.6 Å². The lowest BCUT2D eigenvalue weighted by Gasteiger charge is -2.20. The van der Waals surface area contributed by atoms with Crippen LogP contribution in [0.1, 0.15) is 0 Å². The molecule has 0 fully saturated rings. The average Bonchev–Trinajstić information content (AvgIpc) is 2.49. The molecular weight excluding hydrogens is 172 g/mol. The molecule has 0 saturated heterocycles. The van der Waals surface area contributed by atoms with Crippen molar-refractivity contribution in [3.63, 3.8) is 0 Å². The second-order valence-electron chi connectivity index (χ2n) is 2.54. The molecule has 0 aromatic rings. The minimum Gasteiger partial charge on any atom is -0.366 e. The zero-order chi connectivity index (χ0) is 8.55. The molecule has 2 aliphatic heterocycles. The molecule has 0 radical (unpaired) electrons.